The highest BCUT2D eigenvalue weighted by Crippen LogP contribution is 2.30. The van der Waals surface area contributed by atoms with Gasteiger partial charge >= 0.3 is 12.1 Å². The summed E-state index contributed by atoms with van der Waals surface area (Å²) in [5.41, 5.74) is 1.24. The van der Waals surface area contributed by atoms with E-state index in [1.807, 2.05) is 19.1 Å². The fraction of sp³-hybridized carbons (Fsp3) is 0.211. The molecular formula is C19H16F3N3O3S. The fourth-order valence-corrected chi connectivity index (χ4v) is 3.34. The van der Waals surface area contributed by atoms with Crippen LogP contribution >= 0.6 is 11.8 Å². The van der Waals surface area contributed by atoms with E-state index in [9.17, 15) is 18.0 Å². The molecule has 0 atom stereocenters. The number of aryl methyl sites for hydroxylation is 1. The maximum Gasteiger partial charge on any atom is 0.416 e. The first-order valence-corrected chi connectivity index (χ1v) is 9.38. The van der Waals surface area contributed by atoms with Gasteiger partial charge in [-0.05, 0) is 55.0 Å². The number of alkyl halides is 3. The van der Waals surface area contributed by atoms with Crippen molar-refractivity contribution in [1.29, 1.82) is 0 Å². The summed E-state index contributed by atoms with van der Waals surface area (Å²) in [6.07, 6.45) is -2.72. The quantitative estimate of drug-likeness (QED) is 0.570. The molecule has 0 radical (unpaired) electrons. The van der Waals surface area contributed by atoms with Crippen molar-refractivity contribution in [2.24, 2.45) is 0 Å². The van der Waals surface area contributed by atoms with Gasteiger partial charge < -0.3 is 9.84 Å². The van der Waals surface area contributed by atoms with Gasteiger partial charge in [0.15, 0.2) is 6.61 Å². The molecule has 29 heavy (non-hydrogen) atoms. The molecule has 0 amide bonds. The molecule has 1 N–H and O–H groups in total. The Morgan fingerprint density at radius 1 is 1.21 bits per heavy atom. The van der Waals surface area contributed by atoms with E-state index < -0.39 is 24.3 Å². The number of benzene rings is 2. The maximum absolute atomic E-state index is 12.6. The standard InChI is InChI=1S/C19H16F3N3O3S/c1-12-8-16(6-7-17(12)28-10-18(26)27)29-11-14-9-25(24-23-14)15-4-2-13(3-5-15)19(20,21)22/h2-9H,10-11H2,1H3,(H,26,27). The van der Waals surface area contributed by atoms with Gasteiger partial charge in [0.2, 0.25) is 0 Å². The Morgan fingerprint density at radius 2 is 1.93 bits per heavy atom. The third-order valence-corrected chi connectivity index (χ3v) is 4.91. The molecule has 0 saturated carbocycles. The molecule has 1 heterocycles. The van der Waals surface area contributed by atoms with Crippen LogP contribution in [0.2, 0.25) is 0 Å². The van der Waals surface area contributed by atoms with E-state index in [1.54, 1.807) is 12.3 Å². The minimum Gasteiger partial charge on any atom is -0.482 e. The molecule has 3 rings (SSSR count). The predicted octanol–water partition coefficient (Wildman–Crippen LogP) is 4.35. The molecule has 0 aliphatic rings. The number of aromatic nitrogens is 3. The van der Waals surface area contributed by atoms with Gasteiger partial charge in [0.05, 0.1) is 23.1 Å². The van der Waals surface area contributed by atoms with Crippen molar-refractivity contribution in [3.05, 3.63) is 65.5 Å². The average Bonchev–Trinajstić information content (AvgIpc) is 3.14. The summed E-state index contributed by atoms with van der Waals surface area (Å²) in [6, 6.07) is 10.1. The zero-order valence-corrected chi connectivity index (χ0v) is 16.0. The third-order valence-electron chi connectivity index (χ3n) is 3.88. The number of nitrogens with zero attached hydrogens (tertiary/aromatic N) is 3. The lowest BCUT2D eigenvalue weighted by atomic mass is 10.2. The summed E-state index contributed by atoms with van der Waals surface area (Å²) < 4.78 is 44.6. The van der Waals surface area contributed by atoms with Crippen molar-refractivity contribution >= 4 is 17.7 Å². The lowest BCUT2D eigenvalue weighted by Crippen LogP contribution is -2.09. The minimum atomic E-state index is -4.38. The van der Waals surface area contributed by atoms with E-state index in [0.717, 1.165) is 22.6 Å². The van der Waals surface area contributed by atoms with Gasteiger partial charge in [-0.15, -0.1) is 16.9 Å². The van der Waals surface area contributed by atoms with Crippen LogP contribution in [0.1, 0.15) is 16.8 Å². The van der Waals surface area contributed by atoms with Crippen LogP contribution in [0.4, 0.5) is 13.2 Å². The number of thioether (sulfide) groups is 1. The predicted molar refractivity (Wildman–Crippen MR) is 100 cm³/mol. The summed E-state index contributed by atoms with van der Waals surface area (Å²) >= 11 is 1.50. The number of hydrogen-bond donors (Lipinski definition) is 1. The lowest BCUT2D eigenvalue weighted by Gasteiger charge is -2.08. The molecule has 152 valence electrons. The SMILES string of the molecule is Cc1cc(SCc2cn(-c3ccc(C(F)(F)F)cc3)nn2)ccc1OCC(=O)O. The molecule has 0 saturated heterocycles. The van der Waals surface area contributed by atoms with Gasteiger partial charge in [0.1, 0.15) is 5.75 Å². The number of halogens is 3. The van der Waals surface area contributed by atoms with Crippen molar-refractivity contribution in [3.63, 3.8) is 0 Å². The minimum absolute atomic E-state index is 0.402. The van der Waals surface area contributed by atoms with E-state index in [-0.39, 0.29) is 0 Å². The van der Waals surface area contributed by atoms with E-state index in [1.165, 1.54) is 28.6 Å². The number of ether oxygens (including phenoxy) is 1. The Balaban J connectivity index is 1.62. The summed E-state index contributed by atoms with van der Waals surface area (Å²) in [6.45, 7) is 1.42. The molecule has 0 spiro atoms. The van der Waals surface area contributed by atoms with Crippen molar-refractivity contribution in [3.8, 4) is 11.4 Å². The van der Waals surface area contributed by atoms with E-state index in [0.29, 0.717) is 22.9 Å². The molecule has 2 aromatic carbocycles. The van der Waals surface area contributed by atoms with Crippen LogP contribution in [0.25, 0.3) is 5.69 Å². The summed E-state index contributed by atoms with van der Waals surface area (Å²) in [7, 11) is 0. The number of carbonyl (C=O) groups is 1. The summed E-state index contributed by atoms with van der Waals surface area (Å²) in [4.78, 5) is 11.5. The third kappa shape index (κ3) is 5.50. The molecular weight excluding hydrogens is 407 g/mol. The molecule has 1 aromatic heterocycles. The number of carboxylic acids is 1. The van der Waals surface area contributed by atoms with Crippen LogP contribution in [0.15, 0.2) is 53.6 Å². The second kappa shape index (κ2) is 8.56. The molecule has 0 bridgehead atoms. The monoisotopic (exact) mass is 423 g/mol. The second-order valence-electron chi connectivity index (χ2n) is 6.10. The first-order chi connectivity index (χ1) is 13.7. The van der Waals surface area contributed by atoms with E-state index >= 15 is 0 Å². The van der Waals surface area contributed by atoms with E-state index in [2.05, 4.69) is 10.3 Å². The molecule has 10 heteroatoms. The molecule has 0 unspecified atom stereocenters. The van der Waals surface area contributed by atoms with Crippen LogP contribution in [-0.2, 0) is 16.7 Å². The molecule has 6 nitrogen and oxygen atoms in total. The highest BCUT2D eigenvalue weighted by Gasteiger charge is 2.30. The van der Waals surface area contributed by atoms with Gasteiger partial charge in [-0.25, -0.2) is 9.48 Å². The first-order valence-electron chi connectivity index (χ1n) is 8.39. The number of rotatable bonds is 7. The van der Waals surface area contributed by atoms with Crippen LogP contribution < -0.4 is 4.74 Å². The summed E-state index contributed by atoms with van der Waals surface area (Å²) in [5, 5.41) is 16.7. The second-order valence-corrected chi connectivity index (χ2v) is 7.15. The van der Waals surface area contributed by atoms with Gasteiger partial charge in [-0.1, -0.05) is 5.21 Å². The number of hydrogen-bond acceptors (Lipinski definition) is 5. The zero-order chi connectivity index (χ0) is 21.0. The van der Waals surface area contributed by atoms with Crippen molar-refractivity contribution in [2.45, 2.75) is 23.7 Å². The zero-order valence-electron chi connectivity index (χ0n) is 15.2. The van der Waals surface area contributed by atoms with Crippen LogP contribution in [0, 0.1) is 6.92 Å². The smallest absolute Gasteiger partial charge is 0.416 e. The highest BCUT2D eigenvalue weighted by atomic mass is 32.2. The molecule has 0 aliphatic carbocycles. The topological polar surface area (TPSA) is 77.2 Å². The molecule has 0 aliphatic heterocycles. The molecule has 0 fully saturated rings. The summed E-state index contributed by atoms with van der Waals surface area (Å²) in [5.74, 6) is -0.0286. The Hall–Kier alpha value is -3.01. The highest BCUT2D eigenvalue weighted by molar-refractivity contribution is 7.98. The Morgan fingerprint density at radius 3 is 2.55 bits per heavy atom. The lowest BCUT2D eigenvalue weighted by molar-refractivity contribution is -0.139. The van der Waals surface area contributed by atoms with E-state index in [4.69, 9.17) is 9.84 Å². The molecule has 3 aromatic rings. The van der Waals surface area contributed by atoms with Crippen LogP contribution in [0.5, 0.6) is 5.75 Å². The Bertz CT molecular complexity index is 1000. The van der Waals surface area contributed by atoms with Crippen molar-refractivity contribution < 1.29 is 27.8 Å². The average molecular weight is 423 g/mol. The Labute approximate surface area is 168 Å². The first kappa shape index (κ1) is 20.7. The van der Waals surface area contributed by atoms with Crippen molar-refractivity contribution in [2.75, 3.05) is 6.61 Å². The van der Waals surface area contributed by atoms with Crippen molar-refractivity contribution in [1.82, 2.24) is 15.0 Å². The van der Waals surface area contributed by atoms with Gasteiger partial charge in [0, 0.05) is 10.6 Å². The van der Waals surface area contributed by atoms with Gasteiger partial charge in [-0.3, -0.25) is 0 Å². The number of aliphatic carboxylic acids is 1. The normalized spacial score (nSPS) is 11.4. The van der Waals surface area contributed by atoms with Gasteiger partial charge in [-0.2, -0.15) is 13.2 Å². The Kier molecular flexibility index (Phi) is 6.12. The van der Waals surface area contributed by atoms with Gasteiger partial charge in [0.25, 0.3) is 0 Å². The maximum atomic E-state index is 12.6. The van der Waals surface area contributed by atoms with Crippen LogP contribution in [0.3, 0.4) is 0 Å². The van der Waals surface area contributed by atoms with Crippen LogP contribution in [-0.4, -0.2) is 32.7 Å². The fourth-order valence-electron chi connectivity index (χ4n) is 2.46. The number of carboxylic acid groups (broad SMARTS) is 1. The largest absolute Gasteiger partial charge is 0.482 e.